The lowest BCUT2D eigenvalue weighted by Crippen LogP contribution is -2.46. The SMILES string of the molecule is CCN(CC)c1ccc2nc3c(oc2c1)c1c(O)c2c(=O)c(C)c4c(c23)C(=O)[C@@](C)(O/C=C/[C@H](OC)[C@@H](C)[C@@H](OC(C)=O)[C@H](C)[C@H](O)[C@H](C)[C@@H](O)[C@@H](C)/C=C/C=C(/C)C(=O)N1)O4. The number of anilines is 2. The molecular formula is C47H57N3O12. The van der Waals surface area contributed by atoms with E-state index in [4.69, 9.17) is 28.3 Å². The van der Waals surface area contributed by atoms with Gasteiger partial charge in [0.25, 0.3) is 11.7 Å². The van der Waals surface area contributed by atoms with Crippen LogP contribution in [0.15, 0.2) is 63.6 Å². The summed E-state index contributed by atoms with van der Waals surface area (Å²) in [7, 11) is 1.45. The van der Waals surface area contributed by atoms with Crippen LogP contribution < -0.4 is 20.4 Å². The number of aromatic nitrogens is 1. The molecule has 332 valence electrons. The monoisotopic (exact) mass is 855 g/mol. The van der Waals surface area contributed by atoms with Crippen LogP contribution in [0.2, 0.25) is 0 Å². The van der Waals surface area contributed by atoms with Gasteiger partial charge in [-0.1, -0.05) is 45.9 Å². The summed E-state index contributed by atoms with van der Waals surface area (Å²) in [5.41, 5.74) is 0.636. The fourth-order valence-corrected chi connectivity index (χ4v) is 8.58. The van der Waals surface area contributed by atoms with Crippen molar-refractivity contribution in [1.82, 2.24) is 4.98 Å². The Morgan fingerprint density at radius 3 is 2.32 bits per heavy atom. The maximum Gasteiger partial charge on any atom is 0.312 e. The summed E-state index contributed by atoms with van der Waals surface area (Å²) in [6.45, 7) is 18.1. The molecule has 4 N–H and O–H groups in total. The Morgan fingerprint density at radius 2 is 1.68 bits per heavy atom. The van der Waals surface area contributed by atoms with Crippen molar-refractivity contribution in [3.63, 3.8) is 0 Å². The van der Waals surface area contributed by atoms with E-state index in [0.29, 0.717) is 24.2 Å². The van der Waals surface area contributed by atoms with E-state index < -0.39 is 82.7 Å². The molecule has 1 aromatic heterocycles. The number of hydrogen-bond donors (Lipinski definition) is 4. The van der Waals surface area contributed by atoms with Gasteiger partial charge in [-0.2, -0.15) is 0 Å². The van der Waals surface area contributed by atoms with E-state index in [9.17, 15) is 34.5 Å². The number of hydrogen-bond acceptors (Lipinski definition) is 14. The quantitative estimate of drug-likeness (QED) is 0.0702. The zero-order valence-electron chi connectivity index (χ0n) is 37.1. The number of carbonyl (C=O) groups is 3. The Balaban J connectivity index is 1.61. The summed E-state index contributed by atoms with van der Waals surface area (Å²) in [6, 6.07) is 5.42. The second-order valence-electron chi connectivity index (χ2n) is 16.6. The van der Waals surface area contributed by atoms with Crippen LogP contribution in [0.4, 0.5) is 11.4 Å². The molecule has 0 aliphatic carbocycles. The first-order valence-corrected chi connectivity index (χ1v) is 21.0. The highest BCUT2D eigenvalue weighted by Gasteiger charge is 2.49. The highest BCUT2D eigenvalue weighted by Crippen LogP contribution is 2.48. The van der Waals surface area contributed by atoms with Crippen LogP contribution in [-0.4, -0.2) is 88.4 Å². The first-order valence-electron chi connectivity index (χ1n) is 21.0. The molecule has 15 nitrogen and oxygen atoms in total. The van der Waals surface area contributed by atoms with E-state index in [0.717, 1.165) is 5.69 Å². The number of phenolic OH excluding ortho intramolecular Hbond substituents is 1. The van der Waals surface area contributed by atoms with Crippen molar-refractivity contribution in [2.24, 2.45) is 23.7 Å². The van der Waals surface area contributed by atoms with Gasteiger partial charge in [0, 0.05) is 86.0 Å². The molecule has 0 spiro atoms. The molecule has 1 amide bonds. The van der Waals surface area contributed by atoms with Crippen LogP contribution in [0.3, 0.4) is 0 Å². The van der Waals surface area contributed by atoms with Crippen molar-refractivity contribution < 1.29 is 53.1 Å². The highest BCUT2D eigenvalue weighted by molar-refractivity contribution is 6.26. The van der Waals surface area contributed by atoms with Crippen LogP contribution in [-0.2, 0) is 23.8 Å². The molecule has 15 heteroatoms. The second kappa shape index (κ2) is 17.9. The van der Waals surface area contributed by atoms with Gasteiger partial charge in [-0.3, -0.25) is 19.2 Å². The number of carbonyl (C=O) groups excluding carboxylic acids is 3. The van der Waals surface area contributed by atoms with E-state index in [1.807, 2.05) is 19.9 Å². The summed E-state index contributed by atoms with van der Waals surface area (Å²) in [6.07, 6.45) is 3.67. The number of aliphatic hydroxyl groups is 2. The minimum Gasteiger partial charge on any atom is -0.505 e. The van der Waals surface area contributed by atoms with Gasteiger partial charge in [-0.15, -0.1) is 0 Å². The number of aliphatic hydroxyl groups excluding tert-OH is 2. The Kier molecular flexibility index (Phi) is 13.2. The van der Waals surface area contributed by atoms with Gasteiger partial charge < -0.3 is 48.9 Å². The molecule has 0 radical (unpaired) electrons. The zero-order chi connectivity index (χ0) is 45.5. The predicted molar refractivity (Wildman–Crippen MR) is 235 cm³/mol. The van der Waals surface area contributed by atoms with Crippen LogP contribution in [0.25, 0.3) is 33.0 Å². The Labute approximate surface area is 360 Å². The number of rotatable bonds is 5. The molecule has 62 heavy (non-hydrogen) atoms. The molecule has 6 rings (SSSR count). The Morgan fingerprint density at radius 1 is 0.984 bits per heavy atom. The van der Waals surface area contributed by atoms with Gasteiger partial charge in [-0.25, -0.2) is 4.98 Å². The smallest absolute Gasteiger partial charge is 0.312 e. The van der Waals surface area contributed by atoms with Crippen LogP contribution in [0, 0.1) is 30.6 Å². The average molecular weight is 856 g/mol. The number of Topliss-reactive ketones (excluding diaryl/α,β-unsaturated/α-hetero) is 1. The minimum absolute atomic E-state index is 0.00287. The number of nitrogens with zero attached hydrogens (tertiary/aromatic N) is 2. The molecule has 0 unspecified atom stereocenters. The molecule has 0 saturated heterocycles. The molecule has 0 fully saturated rings. The average Bonchev–Trinajstić information content (AvgIpc) is 3.51. The third kappa shape index (κ3) is 8.16. The van der Waals surface area contributed by atoms with Gasteiger partial charge in [-0.05, 0) is 45.9 Å². The predicted octanol–water partition coefficient (Wildman–Crippen LogP) is 6.84. The number of amides is 1. The standard InChI is InChI=1S/C47H57N3O12/c1-12-50(13-2)29-17-18-30-32(21-29)61-44-36(48-30)33-34-40(54)27(8)43-35(33)45(56)47(10,62-43)59-20-19-31(58-11)24(5)42(60-28(9)51)26(7)39(53)25(6)38(52)22(3)15-14-16-23(4)46(57)49-37(44)41(34)55/h14-22,24-26,31,38-39,42,52-53,55H,12-13H2,1-11H3,(H,49,57)/b15-14+,20-19+,23-16-/t22-,24+,25+,26+,31-,38-,39+,42+,47-/m0/s1. The number of esters is 1. The van der Waals surface area contributed by atoms with Crippen LogP contribution in [0.5, 0.6) is 11.5 Å². The Hall–Kier alpha value is -5.77. The Bertz CT molecular complexity index is 2570. The number of ketones is 1. The van der Waals surface area contributed by atoms with Crippen molar-refractivity contribution >= 4 is 62.0 Å². The number of nitrogens with one attached hydrogen (secondary N) is 1. The minimum atomic E-state index is -2.03. The van der Waals surface area contributed by atoms with E-state index in [1.54, 1.807) is 58.9 Å². The lowest BCUT2D eigenvalue weighted by atomic mass is 9.78. The summed E-state index contributed by atoms with van der Waals surface area (Å²) >= 11 is 0. The fraction of sp³-hybridized carbons (Fsp3) is 0.468. The molecular weight excluding hydrogens is 799 g/mol. The van der Waals surface area contributed by atoms with Gasteiger partial charge in [0.15, 0.2) is 22.3 Å². The highest BCUT2D eigenvalue weighted by atomic mass is 16.7. The molecule has 0 saturated carbocycles. The molecule has 9 atom stereocenters. The first kappa shape index (κ1) is 45.7. The molecule has 2 aliphatic rings. The molecule has 3 heterocycles. The fourth-order valence-electron chi connectivity index (χ4n) is 8.58. The maximum atomic E-state index is 14.7. The number of aromatic hydroxyl groups is 1. The molecule has 4 aromatic rings. The number of fused-ring (bicyclic) bond motifs is 5. The van der Waals surface area contributed by atoms with Crippen molar-refractivity contribution in [1.29, 1.82) is 0 Å². The lowest BCUT2D eigenvalue weighted by Gasteiger charge is -2.38. The van der Waals surface area contributed by atoms with Gasteiger partial charge in [0.05, 0.1) is 35.5 Å². The lowest BCUT2D eigenvalue weighted by molar-refractivity contribution is -0.160. The second-order valence-corrected chi connectivity index (χ2v) is 16.6. The summed E-state index contributed by atoms with van der Waals surface area (Å²) < 4.78 is 30.3. The van der Waals surface area contributed by atoms with E-state index in [1.165, 1.54) is 46.3 Å². The topological polar surface area (TPSA) is 207 Å². The van der Waals surface area contributed by atoms with Crippen molar-refractivity contribution in [2.75, 3.05) is 30.4 Å². The first-order chi connectivity index (χ1) is 29.3. The summed E-state index contributed by atoms with van der Waals surface area (Å²) in [4.78, 5) is 62.3. The van der Waals surface area contributed by atoms with E-state index in [-0.39, 0.29) is 50.0 Å². The molecule has 2 aliphatic heterocycles. The van der Waals surface area contributed by atoms with Crippen LogP contribution in [0.1, 0.15) is 78.2 Å². The van der Waals surface area contributed by atoms with Crippen molar-refractivity contribution in [3.05, 3.63) is 75.7 Å². The number of allylic oxidation sites excluding steroid dienone is 2. The van der Waals surface area contributed by atoms with E-state index >= 15 is 0 Å². The van der Waals surface area contributed by atoms with Crippen molar-refractivity contribution in [2.45, 2.75) is 99.4 Å². The summed E-state index contributed by atoms with van der Waals surface area (Å²) in [5.74, 6) is -7.15. The number of ether oxygens (including phenoxy) is 4. The number of methoxy groups -OCH3 is 1. The van der Waals surface area contributed by atoms with Gasteiger partial charge in [0.1, 0.15) is 28.6 Å². The third-order valence-electron chi connectivity index (χ3n) is 12.4. The molecule has 5 bridgehead atoms. The number of phenols is 1. The van der Waals surface area contributed by atoms with Gasteiger partial charge in [0.2, 0.25) is 0 Å². The number of benzene rings is 3. The zero-order valence-corrected chi connectivity index (χ0v) is 37.1. The maximum absolute atomic E-state index is 14.7. The normalized spacial score (nSPS) is 29.2. The third-order valence-corrected chi connectivity index (χ3v) is 12.4. The largest absolute Gasteiger partial charge is 0.505 e. The van der Waals surface area contributed by atoms with Gasteiger partial charge >= 0.3 is 11.8 Å². The van der Waals surface area contributed by atoms with Crippen molar-refractivity contribution in [3.8, 4) is 11.5 Å². The summed E-state index contributed by atoms with van der Waals surface area (Å²) in [5, 5.41) is 37.4. The van der Waals surface area contributed by atoms with E-state index in [2.05, 4.69) is 10.2 Å². The van der Waals surface area contributed by atoms with Crippen LogP contribution >= 0.6 is 0 Å². The molecule has 3 aromatic carbocycles.